The molecule has 2 saturated heterocycles. The molecule has 0 bridgehead atoms. The van der Waals surface area contributed by atoms with E-state index in [1.807, 2.05) is 30.3 Å². The maximum Gasteiger partial charge on any atom is 0.273 e. The molecule has 0 saturated carbocycles. The van der Waals surface area contributed by atoms with Gasteiger partial charge < -0.3 is 19.5 Å². The number of morpholine rings is 1. The van der Waals surface area contributed by atoms with Crippen molar-refractivity contribution in [1.82, 2.24) is 20.3 Å². The molecule has 0 aliphatic carbocycles. The van der Waals surface area contributed by atoms with Crippen LogP contribution < -0.4 is 5.32 Å². The third kappa shape index (κ3) is 4.11. The molecule has 28 heavy (non-hydrogen) atoms. The molecule has 3 heterocycles. The van der Waals surface area contributed by atoms with Gasteiger partial charge in [-0.15, -0.1) is 0 Å². The van der Waals surface area contributed by atoms with Crippen molar-refractivity contribution < 1.29 is 14.1 Å². The molecule has 1 N–H and O–H groups in total. The number of hydrogen-bond donors (Lipinski definition) is 1. The number of piperidine rings is 1. The minimum atomic E-state index is -0.183. The molecule has 7 nitrogen and oxygen atoms in total. The van der Waals surface area contributed by atoms with Crippen molar-refractivity contribution in [1.29, 1.82) is 0 Å². The SMILES string of the molecule is CN1CCC(CNC(=O)c2cc(-c3ccccc3)on2)(N2CCOCC2)CC1. The summed E-state index contributed by atoms with van der Waals surface area (Å²) in [6, 6.07) is 11.4. The molecule has 2 fully saturated rings. The molecule has 0 spiro atoms. The van der Waals surface area contributed by atoms with Gasteiger partial charge in [0.05, 0.1) is 13.2 Å². The van der Waals surface area contributed by atoms with E-state index in [2.05, 4.69) is 27.3 Å². The summed E-state index contributed by atoms with van der Waals surface area (Å²) in [7, 11) is 2.16. The number of rotatable bonds is 5. The molecule has 7 heteroatoms. The van der Waals surface area contributed by atoms with Gasteiger partial charge in [0.25, 0.3) is 5.91 Å². The van der Waals surface area contributed by atoms with E-state index < -0.39 is 0 Å². The second kappa shape index (κ2) is 8.43. The highest BCUT2D eigenvalue weighted by molar-refractivity contribution is 5.93. The van der Waals surface area contributed by atoms with E-state index in [0.29, 0.717) is 18.0 Å². The molecule has 2 aliphatic rings. The lowest BCUT2D eigenvalue weighted by atomic mass is 9.85. The van der Waals surface area contributed by atoms with E-state index in [-0.39, 0.29) is 11.4 Å². The summed E-state index contributed by atoms with van der Waals surface area (Å²) in [6.07, 6.45) is 2.08. The molecule has 2 aromatic rings. The number of nitrogens with one attached hydrogen (secondary N) is 1. The number of benzene rings is 1. The standard InChI is InChI=1S/C21H28N4O3/c1-24-9-7-21(8-10-24,25-11-13-27-14-12-25)16-22-20(26)18-15-19(28-23-18)17-5-3-2-4-6-17/h2-6,15H,7-14,16H2,1H3,(H,22,26). The largest absolute Gasteiger partial charge is 0.379 e. The molecule has 4 rings (SSSR count). The van der Waals surface area contributed by atoms with Gasteiger partial charge in [0.2, 0.25) is 0 Å². The van der Waals surface area contributed by atoms with Gasteiger partial charge in [0.1, 0.15) is 0 Å². The number of amides is 1. The van der Waals surface area contributed by atoms with Gasteiger partial charge in [-0.05, 0) is 33.0 Å². The number of nitrogens with zero attached hydrogens (tertiary/aromatic N) is 3. The van der Waals surface area contributed by atoms with Crippen molar-refractivity contribution in [3.63, 3.8) is 0 Å². The van der Waals surface area contributed by atoms with Crippen molar-refractivity contribution in [3.8, 4) is 11.3 Å². The van der Waals surface area contributed by atoms with E-state index in [0.717, 1.165) is 57.8 Å². The molecule has 150 valence electrons. The van der Waals surface area contributed by atoms with E-state index in [9.17, 15) is 4.79 Å². The molecule has 0 atom stereocenters. The highest BCUT2D eigenvalue weighted by Gasteiger charge is 2.40. The summed E-state index contributed by atoms with van der Waals surface area (Å²) in [4.78, 5) is 17.6. The number of aromatic nitrogens is 1. The van der Waals surface area contributed by atoms with Crippen LogP contribution in [0.1, 0.15) is 23.3 Å². The van der Waals surface area contributed by atoms with E-state index in [4.69, 9.17) is 9.26 Å². The summed E-state index contributed by atoms with van der Waals surface area (Å²) in [6.45, 7) is 6.05. The Morgan fingerprint density at radius 3 is 2.57 bits per heavy atom. The van der Waals surface area contributed by atoms with Crippen molar-refractivity contribution in [2.75, 3.05) is 53.0 Å². The normalized spacial score (nSPS) is 20.8. The number of ether oxygens (including phenoxy) is 1. The first kappa shape index (κ1) is 19.1. The molecule has 2 aliphatic heterocycles. The second-order valence-corrected chi connectivity index (χ2v) is 7.75. The van der Waals surface area contributed by atoms with Crippen molar-refractivity contribution >= 4 is 5.91 Å². The Morgan fingerprint density at radius 2 is 1.86 bits per heavy atom. The minimum absolute atomic E-state index is 0.0159. The fourth-order valence-corrected chi connectivity index (χ4v) is 4.13. The molecular formula is C21H28N4O3. The quantitative estimate of drug-likeness (QED) is 0.849. The van der Waals surface area contributed by atoms with Crippen LogP contribution in [0.4, 0.5) is 0 Å². The van der Waals surface area contributed by atoms with E-state index in [1.54, 1.807) is 6.07 Å². The smallest absolute Gasteiger partial charge is 0.273 e. The predicted molar refractivity (Wildman–Crippen MR) is 106 cm³/mol. The van der Waals surface area contributed by atoms with Crippen LogP contribution in [0.25, 0.3) is 11.3 Å². The third-order valence-corrected chi connectivity index (χ3v) is 5.98. The van der Waals surface area contributed by atoms with Gasteiger partial charge in [-0.3, -0.25) is 9.69 Å². The zero-order valence-electron chi connectivity index (χ0n) is 16.4. The topological polar surface area (TPSA) is 70.8 Å². The van der Waals surface area contributed by atoms with Crippen LogP contribution in [0.3, 0.4) is 0 Å². The lowest BCUT2D eigenvalue weighted by molar-refractivity contribution is -0.0439. The average molecular weight is 384 g/mol. The Balaban J connectivity index is 1.43. The molecule has 1 aromatic heterocycles. The van der Waals surface area contributed by atoms with Crippen LogP contribution in [0.2, 0.25) is 0 Å². The zero-order chi connectivity index (χ0) is 19.4. The lowest BCUT2D eigenvalue weighted by Gasteiger charge is -2.49. The number of hydrogen-bond acceptors (Lipinski definition) is 6. The molecule has 0 radical (unpaired) electrons. The summed E-state index contributed by atoms with van der Waals surface area (Å²) in [5, 5.41) is 7.10. The summed E-state index contributed by atoms with van der Waals surface area (Å²) in [5.74, 6) is 0.422. The van der Waals surface area contributed by atoms with Crippen LogP contribution in [0.15, 0.2) is 40.9 Å². The Morgan fingerprint density at radius 1 is 1.14 bits per heavy atom. The summed E-state index contributed by atoms with van der Waals surface area (Å²) >= 11 is 0. The first-order valence-electron chi connectivity index (χ1n) is 9.98. The van der Waals surface area contributed by atoms with Gasteiger partial charge in [-0.1, -0.05) is 35.5 Å². The lowest BCUT2D eigenvalue weighted by Crippen LogP contribution is -2.62. The Bertz CT molecular complexity index is 778. The van der Waals surface area contributed by atoms with Crippen LogP contribution in [0, 0.1) is 0 Å². The molecule has 1 aromatic carbocycles. The first-order valence-corrected chi connectivity index (χ1v) is 9.98. The fourth-order valence-electron chi connectivity index (χ4n) is 4.13. The van der Waals surface area contributed by atoms with E-state index >= 15 is 0 Å². The molecule has 0 unspecified atom stereocenters. The number of carbonyl (C=O) groups is 1. The van der Waals surface area contributed by atoms with Crippen LogP contribution in [-0.2, 0) is 4.74 Å². The van der Waals surface area contributed by atoms with Crippen LogP contribution in [-0.4, -0.2) is 79.4 Å². The first-order chi connectivity index (χ1) is 13.7. The Hall–Kier alpha value is -2.22. The highest BCUT2D eigenvalue weighted by atomic mass is 16.5. The molecule has 1 amide bonds. The van der Waals surface area contributed by atoms with Gasteiger partial charge >= 0.3 is 0 Å². The second-order valence-electron chi connectivity index (χ2n) is 7.75. The minimum Gasteiger partial charge on any atom is -0.379 e. The van der Waals surface area contributed by atoms with Crippen molar-refractivity contribution in [3.05, 3.63) is 42.1 Å². The fraction of sp³-hybridized carbons (Fsp3) is 0.524. The maximum absolute atomic E-state index is 12.7. The number of likely N-dealkylation sites (tertiary alicyclic amines) is 1. The average Bonchev–Trinajstić information content (AvgIpc) is 3.25. The van der Waals surface area contributed by atoms with Gasteiger partial charge in [0.15, 0.2) is 11.5 Å². The predicted octanol–water partition coefficient (Wildman–Crippen LogP) is 1.87. The van der Waals surface area contributed by atoms with Gasteiger partial charge in [-0.25, -0.2) is 0 Å². The van der Waals surface area contributed by atoms with Crippen LogP contribution in [0.5, 0.6) is 0 Å². The zero-order valence-corrected chi connectivity index (χ0v) is 16.4. The van der Waals surface area contributed by atoms with E-state index in [1.165, 1.54) is 0 Å². The third-order valence-electron chi connectivity index (χ3n) is 5.98. The summed E-state index contributed by atoms with van der Waals surface area (Å²) in [5.41, 5.74) is 1.22. The van der Waals surface area contributed by atoms with Crippen molar-refractivity contribution in [2.24, 2.45) is 0 Å². The van der Waals surface area contributed by atoms with Gasteiger partial charge in [-0.2, -0.15) is 0 Å². The Kier molecular flexibility index (Phi) is 5.75. The summed E-state index contributed by atoms with van der Waals surface area (Å²) < 4.78 is 10.9. The number of carbonyl (C=O) groups excluding carboxylic acids is 1. The maximum atomic E-state index is 12.7. The Labute approximate surface area is 165 Å². The van der Waals surface area contributed by atoms with Gasteiger partial charge in [0, 0.05) is 36.8 Å². The monoisotopic (exact) mass is 384 g/mol. The molecular weight excluding hydrogens is 356 g/mol. The van der Waals surface area contributed by atoms with Crippen LogP contribution >= 0.6 is 0 Å². The highest BCUT2D eigenvalue weighted by Crippen LogP contribution is 2.29. The van der Waals surface area contributed by atoms with Crippen molar-refractivity contribution in [2.45, 2.75) is 18.4 Å².